The van der Waals surface area contributed by atoms with E-state index < -0.39 is 0 Å². The summed E-state index contributed by atoms with van der Waals surface area (Å²) < 4.78 is 6.84. The molecule has 1 unspecified atom stereocenters. The van der Waals surface area contributed by atoms with Crippen LogP contribution in [0.5, 0.6) is 5.75 Å². The molecule has 1 aliphatic rings. The van der Waals surface area contributed by atoms with Gasteiger partial charge < -0.3 is 10.5 Å². The fourth-order valence-electron chi connectivity index (χ4n) is 2.17. The van der Waals surface area contributed by atoms with Gasteiger partial charge in [0.2, 0.25) is 0 Å². The monoisotopic (exact) mass is 297 g/mol. The van der Waals surface area contributed by atoms with E-state index in [1.165, 1.54) is 5.56 Å². The summed E-state index contributed by atoms with van der Waals surface area (Å²) in [7, 11) is 0. The van der Waals surface area contributed by atoms with Crippen LogP contribution in [-0.4, -0.2) is 6.61 Å². The van der Waals surface area contributed by atoms with Gasteiger partial charge in [-0.25, -0.2) is 0 Å². The van der Waals surface area contributed by atoms with Gasteiger partial charge >= 0.3 is 0 Å². The Morgan fingerprint density at radius 2 is 2.18 bits per heavy atom. The molecule has 0 aromatic heterocycles. The average Bonchev–Trinajstić information content (AvgIpc) is 2.74. The maximum absolute atomic E-state index is 6.42. The summed E-state index contributed by atoms with van der Waals surface area (Å²) in [4.78, 5) is 0. The zero-order valence-corrected chi connectivity index (χ0v) is 12.3. The largest absolute Gasteiger partial charge is 0.493 e. The highest BCUT2D eigenvalue weighted by Crippen LogP contribution is 2.42. The summed E-state index contributed by atoms with van der Waals surface area (Å²) in [5.74, 6) is 1.02. The molecule has 2 rings (SSSR count). The van der Waals surface area contributed by atoms with Crippen LogP contribution in [0, 0.1) is 5.41 Å². The molecule has 1 aromatic carbocycles. The average molecular weight is 298 g/mol. The van der Waals surface area contributed by atoms with Crippen LogP contribution in [-0.2, 0) is 6.42 Å². The number of hydrogen-bond donors (Lipinski definition) is 1. The van der Waals surface area contributed by atoms with Crippen molar-refractivity contribution in [1.29, 1.82) is 0 Å². The minimum atomic E-state index is 0.0110. The molecule has 94 valence electrons. The molecule has 0 amide bonds. The van der Waals surface area contributed by atoms with Gasteiger partial charge in [0.1, 0.15) is 5.75 Å². The van der Waals surface area contributed by atoms with Gasteiger partial charge in [-0.2, -0.15) is 0 Å². The quantitative estimate of drug-likeness (QED) is 0.920. The minimum Gasteiger partial charge on any atom is -0.493 e. The Bertz CT molecular complexity index is 428. The number of nitrogens with two attached hydrogens (primary N) is 1. The molecule has 0 aliphatic carbocycles. The maximum Gasteiger partial charge on any atom is 0.127 e. The summed E-state index contributed by atoms with van der Waals surface area (Å²) in [6.07, 6.45) is 2.04. The molecule has 1 aromatic rings. The molecule has 3 heteroatoms. The Morgan fingerprint density at radius 3 is 2.82 bits per heavy atom. The van der Waals surface area contributed by atoms with Gasteiger partial charge in [0, 0.05) is 22.5 Å². The molecule has 0 fully saturated rings. The lowest BCUT2D eigenvalue weighted by Crippen LogP contribution is -2.29. The molecule has 2 nitrogen and oxygen atoms in total. The first-order valence-electron chi connectivity index (χ1n) is 6.16. The van der Waals surface area contributed by atoms with E-state index in [4.69, 9.17) is 10.5 Å². The molecule has 0 saturated heterocycles. The Balaban J connectivity index is 2.45. The third kappa shape index (κ3) is 2.36. The minimum absolute atomic E-state index is 0.0110. The van der Waals surface area contributed by atoms with Gasteiger partial charge in [-0.3, -0.25) is 0 Å². The predicted octanol–water partition coefficient (Wildman–Crippen LogP) is 3.82. The second-order valence-corrected chi connectivity index (χ2v) is 6.32. The van der Waals surface area contributed by atoms with Crippen molar-refractivity contribution in [3.05, 3.63) is 27.7 Å². The fraction of sp³-hybridized carbons (Fsp3) is 0.571. The lowest BCUT2D eigenvalue weighted by atomic mass is 9.78. The first-order valence-corrected chi connectivity index (χ1v) is 6.95. The van der Waals surface area contributed by atoms with Crippen molar-refractivity contribution < 1.29 is 4.74 Å². The Labute approximate surface area is 112 Å². The molecule has 2 N–H and O–H groups in total. The van der Waals surface area contributed by atoms with E-state index in [1.54, 1.807) is 0 Å². The van der Waals surface area contributed by atoms with Crippen LogP contribution in [0.1, 0.15) is 44.4 Å². The molecule has 1 heterocycles. The number of hydrogen-bond acceptors (Lipinski definition) is 2. The number of fused-ring (bicyclic) bond motifs is 1. The van der Waals surface area contributed by atoms with E-state index in [1.807, 2.05) is 0 Å². The number of rotatable bonds is 3. The molecule has 1 atom stereocenters. The molecule has 0 radical (unpaired) electrons. The first-order chi connectivity index (χ1) is 7.95. The normalized spacial score (nSPS) is 16.5. The van der Waals surface area contributed by atoms with E-state index in [0.29, 0.717) is 0 Å². The van der Waals surface area contributed by atoms with E-state index in [-0.39, 0.29) is 11.5 Å². The smallest absolute Gasteiger partial charge is 0.127 e. The lowest BCUT2D eigenvalue weighted by Gasteiger charge is -2.31. The second-order valence-electron chi connectivity index (χ2n) is 5.40. The molecular weight excluding hydrogens is 278 g/mol. The zero-order chi connectivity index (χ0) is 12.6. The van der Waals surface area contributed by atoms with Gasteiger partial charge in [0.05, 0.1) is 6.61 Å². The van der Waals surface area contributed by atoms with Crippen molar-refractivity contribution in [2.24, 2.45) is 11.1 Å². The zero-order valence-electron chi connectivity index (χ0n) is 10.7. The van der Waals surface area contributed by atoms with Crippen LogP contribution >= 0.6 is 15.9 Å². The summed E-state index contributed by atoms with van der Waals surface area (Å²) in [6, 6.07) is 4.25. The fourth-order valence-corrected chi connectivity index (χ4v) is 2.69. The lowest BCUT2D eigenvalue weighted by molar-refractivity contribution is 0.268. The van der Waals surface area contributed by atoms with Crippen LogP contribution < -0.4 is 10.5 Å². The van der Waals surface area contributed by atoms with Crippen LogP contribution in [0.3, 0.4) is 0 Å². The maximum atomic E-state index is 6.42. The number of benzene rings is 1. The highest BCUT2D eigenvalue weighted by molar-refractivity contribution is 9.10. The van der Waals surface area contributed by atoms with Gasteiger partial charge in [0.15, 0.2) is 0 Å². The van der Waals surface area contributed by atoms with Crippen LogP contribution in [0.15, 0.2) is 16.6 Å². The van der Waals surface area contributed by atoms with Gasteiger partial charge in [0.25, 0.3) is 0 Å². The summed E-state index contributed by atoms with van der Waals surface area (Å²) in [6.45, 7) is 7.37. The van der Waals surface area contributed by atoms with Crippen LogP contribution in [0.4, 0.5) is 0 Å². The summed E-state index contributed by atoms with van der Waals surface area (Å²) in [5.41, 5.74) is 8.92. The van der Waals surface area contributed by atoms with E-state index in [9.17, 15) is 0 Å². The van der Waals surface area contributed by atoms with E-state index in [2.05, 4.69) is 48.8 Å². The van der Waals surface area contributed by atoms with Gasteiger partial charge in [-0.15, -0.1) is 0 Å². The highest BCUT2D eigenvalue weighted by Gasteiger charge is 2.30. The standard InChI is InChI=1S/C14H20BrNO/c1-4-14(2,3)13(16)11-8-10(15)7-9-5-6-17-12(9)11/h7-8,13H,4-6,16H2,1-3H3. The van der Waals surface area contributed by atoms with Crippen LogP contribution in [0.25, 0.3) is 0 Å². The van der Waals surface area contributed by atoms with Crippen molar-refractivity contribution in [3.63, 3.8) is 0 Å². The van der Waals surface area contributed by atoms with Crippen molar-refractivity contribution in [2.45, 2.75) is 39.7 Å². The third-order valence-corrected chi connectivity index (χ3v) is 4.32. The van der Waals surface area contributed by atoms with Crippen molar-refractivity contribution in [3.8, 4) is 5.75 Å². The molecule has 0 saturated carbocycles. The van der Waals surface area contributed by atoms with Gasteiger partial charge in [-0.1, -0.05) is 36.7 Å². The summed E-state index contributed by atoms with van der Waals surface area (Å²) in [5, 5.41) is 0. The Kier molecular flexibility index (Phi) is 3.50. The van der Waals surface area contributed by atoms with E-state index in [0.717, 1.165) is 35.2 Å². The molecule has 1 aliphatic heterocycles. The predicted molar refractivity (Wildman–Crippen MR) is 74.3 cm³/mol. The SMILES string of the molecule is CCC(C)(C)C(N)c1cc(Br)cc2c1OCC2. The first kappa shape index (κ1) is 12.9. The van der Waals surface area contributed by atoms with Crippen molar-refractivity contribution >= 4 is 15.9 Å². The third-order valence-electron chi connectivity index (χ3n) is 3.87. The molecule has 0 spiro atoms. The molecular formula is C14H20BrNO. The van der Waals surface area contributed by atoms with Gasteiger partial charge in [-0.05, 0) is 29.5 Å². The number of ether oxygens (including phenoxy) is 1. The Hall–Kier alpha value is -0.540. The van der Waals surface area contributed by atoms with Crippen molar-refractivity contribution in [2.75, 3.05) is 6.61 Å². The molecule has 17 heavy (non-hydrogen) atoms. The topological polar surface area (TPSA) is 35.2 Å². The molecule has 0 bridgehead atoms. The van der Waals surface area contributed by atoms with Crippen LogP contribution in [0.2, 0.25) is 0 Å². The van der Waals surface area contributed by atoms with Crippen molar-refractivity contribution in [1.82, 2.24) is 0 Å². The highest BCUT2D eigenvalue weighted by atomic mass is 79.9. The summed E-state index contributed by atoms with van der Waals surface area (Å²) >= 11 is 3.56. The Morgan fingerprint density at radius 1 is 1.47 bits per heavy atom. The van der Waals surface area contributed by atoms with E-state index >= 15 is 0 Å². The number of halogens is 1. The second kappa shape index (κ2) is 4.62.